The number of furan rings is 1. The summed E-state index contributed by atoms with van der Waals surface area (Å²) in [5.74, 6) is 1.22. The Labute approximate surface area is 130 Å². The highest BCUT2D eigenvalue weighted by Gasteiger charge is 2.31. The van der Waals surface area contributed by atoms with Gasteiger partial charge in [-0.1, -0.05) is 12.8 Å². The van der Waals surface area contributed by atoms with Crippen LogP contribution in [-0.4, -0.2) is 24.3 Å². The number of nitrogens with two attached hydrogens (primary N) is 1. The number of hydrogen-bond acceptors (Lipinski definition) is 4. The van der Waals surface area contributed by atoms with Gasteiger partial charge < -0.3 is 15.5 Å². The van der Waals surface area contributed by atoms with Gasteiger partial charge in [0.15, 0.2) is 11.5 Å². The monoisotopic (exact) mass is 304 g/mol. The van der Waals surface area contributed by atoms with Crippen molar-refractivity contribution in [1.82, 2.24) is 5.32 Å². The highest BCUT2D eigenvalue weighted by atomic mass is 16.4. The van der Waals surface area contributed by atoms with E-state index in [-0.39, 0.29) is 17.7 Å². The molecule has 1 aromatic heterocycles. The molecular formula is C17H24N2O3. The van der Waals surface area contributed by atoms with Crippen LogP contribution >= 0.6 is 0 Å². The Bertz CT molecular complexity index is 591. The van der Waals surface area contributed by atoms with Crippen molar-refractivity contribution < 1.29 is 14.0 Å². The lowest BCUT2D eigenvalue weighted by Crippen LogP contribution is -2.44. The second kappa shape index (κ2) is 6.24. The Morgan fingerprint density at radius 3 is 2.77 bits per heavy atom. The summed E-state index contributed by atoms with van der Waals surface area (Å²) in [5.41, 5.74) is 7.14. The molecule has 2 aliphatic carbocycles. The molecule has 3 rings (SSSR count). The number of nitrogens with one attached hydrogen (secondary N) is 1. The fraction of sp³-hybridized carbons (Fsp3) is 0.647. The minimum atomic E-state index is -0.204. The first kappa shape index (κ1) is 15.3. The largest absolute Gasteiger partial charge is 0.455 e. The molecule has 0 bridgehead atoms. The molecule has 5 heteroatoms. The predicted octanol–water partition coefficient (Wildman–Crippen LogP) is 2.35. The van der Waals surface area contributed by atoms with E-state index in [0.717, 1.165) is 32.1 Å². The summed E-state index contributed by atoms with van der Waals surface area (Å²) in [6.45, 7) is 2.40. The number of amides is 1. The average molecular weight is 304 g/mol. The maximum atomic E-state index is 12.6. The van der Waals surface area contributed by atoms with Crippen LogP contribution < -0.4 is 11.1 Å². The van der Waals surface area contributed by atoms with E-state index >= 15 is 0 Å². The van der Waals surface area contributed by atoms with Gasteiger partial charge >= 0.3 is 0 Å². The Kier molecular flexibility index (Phi) is 4.34. The molecule has 1 saturated carbocycles. The molecule has 2 aliphatic rings. The molecule has 2 unspecified atom stereocenters. The maximum Gasteiger partial charge on any atom is 0.287 e. The molecule has 5 nitrogen and oxygen atoms in total. The number of ketones is 1. The molecule has 3 N–H and O–H groups in total. The third-order valence-electron chi connectivity index (χ3n) is 5.04. The van der Waals surface area contributed by atoms with Crippen molar-refractivity contribution in [2.45, 2.75) is 57.9 Å². The normalized spacial score (nSPS) is 24.9. The first-order valence-electron chi connectivity index (χ1n) is 8.28. The number of rotatable bonds is 3. The highest BCUT2D eigenvalue weighted by Crippen LogP contribution is 2.30. The van der Waals surface area contributed by atoms with Crippen LogP contribution in [-0.2, 0) is 6.42 Å². The molecule has 22 heavy (non-hydrogen) atoms. The van der Waals surface area contributed by atoms with E-state index in [0.29, 0.717) is 41.5 Å². The molecule has 120 valence electrons. The zero-order chi connectivity index (χ0) is 15.7. The van der Waals surface area contributed by atoms with Crippen LogP contribution in [0, 0.1) is 12.8 Å². The van der Waals surface area contributed by atoms with Crippen molar-refractivity contribution in [1.29, 1.82) is 0 Å². The predicted molar refractivity (Wildman–Crippen MR) is 83.0 cm³/mol. The second-order valence-corrected chi connectivity index (χ2v) is 6.49. The average Bonchev–Trinajstić information content (AvgIpc) is 2.86. The SMILES string of the molecule is Cc1c(C(=O)NC2CCCCC2CN)oc2c1C(=O)CCC2. The molecule has 0 radical (unpaired) electrons. The molecule has 2 atom stereocenters. The quantitative estimate of drug-likeness (QED) is 0.897. The number of aryl methyl sites for hydroxylation is 1. The third-order valence-corrected chi connectivity index (χ3v) is 5.04. The van der Waals surface area contributed by atoms with Gasteiger partial charge in [0.25, 0.3) is 5.91 Å². The maximum absolute atomic E-state index is 12.6. The molecule has 1 amide bonds. The zero-order valence-electron chi connectivity index (χ0n) is 13.1. The topological polar surface area (TPSA) is 85.3 Å². The fourth-order valence-electron chi connectivity index (χ4n) is 3.78. The lowest BCUT2D eigenvalue weighted by molar-refractivity contribution is 0.0875. The highest BCUT2D eigenvalue weighted by molar-refractivity contribution is 6.03. The van der Waals surface area contributed by atoms with Crippen molar-refractivity contribution in [2.24, 2.45) is 11.7 Å². The van der Waals surface area contributed by atoms with Crippen LogP contribution in [0.5, 0.6) is 0 Å². The van der Waals surface area contributed by atoms with Crippen molar-refractivity contribution in [2.75, 3.05) is 6.54 Å². The number of fused-ring (bicyclic) bond motifs is 1. The van der Waals surface area contributed by atoms with Gasteiger partial charge in [-0.05, 0) is 38.6 Å². The summed E-state index contributed by atoms with van der Waals surface area (Å²) in [6.07, 6.45) is 6.41. The lowest BCUT2D eigenvalue weighted by atomic mass is 9.84. The molecule has 0 aromatic carbocycles. The molecule has 0 saturated heterocycles. The van der Waals surface area contributed by atoms with Gasteiger partial charge in [-0.2, -0.15) is 0 Å². The van der Waals surface area contributed by atoms with Gasteiger partial charge in [-0.3, -0.25) is 9.59 Å². The summed E-state index contributed by atoms with van der Waals surface area (Å²) in [5, 5.41) is 3.08. The molecule has 1 fully saturated rings. The Morgan fingerprint density at radius 1 is 1.27 bits per heavy atom. The van der Waals surface area contributed by atoms with Crippen LogP contribution in [0.2, 0.25) is 0 Å². The number of carbonyl (C=O) groups excluding carboxylic acids is 2. The van der Waals surface area contributed by atoms with Gasteiger partial charge in [-0.25, -0.2) is 0 Å². The molecule has 1 aromatic rings. The number of Topliss-reactive ketones (excluding diaryl/α,β-unsaturated/α-hetero) is 1. The van der Waals surface area contributed by atoms with E-state index in [2.05, 4.69) is 5.32 Å². The standard InChI is InChI=1S/C17H24N2O3/c1-10-15-13(20)7-4-8-14(15)22-16(10)17(21)19-12-6-3-2-5-11(12)9-18/h11-12H,2-9,18H2,1H3,(H,19,21). The molecular weight excluding hydrogens is 280 g/mol. The van der Waals surface area contributed by atoms with Crippen LogP contribution in [0.25, 0.3) is 0 Å². The minimum Gasteiger partial charge on any atom is -0.455 e. The van der Waals surface area contributed by atoms with E-state index in [1.807, 2.05) is 6.92 Å². The van der Waals surface area contributed by atoms with Gasteiger partial charge in [0.1, 0.15) is 5.76 Å². The van der Waals surface area contributed by atoms with Gasteiger partial charge in [-0.15, -0.1) is 0 Å². The zero-order valence-corrected chi connectivity index (χ0v) is 13.1. The summed E-state index contributed by atoms with van der Waals surface area (Å²) in [6, 6.07) is 0.114. The van der Waals surface area contributed by atoms with Crippen molar-refractivity contribution in [3.63, 3.8) is 0 Å². The van der Waals surface area contributed by atoms with Crippen LogP contribution in [0.4, 0.5) is 0 Å². The smallest absolute Gasteiger partial charge is 0.287 e. The van der Waals surface area contributed by atoms with Crippen LogP contribution in [0.15, 0.2) is 4.42 Å². The van der Waals surface area contributed by atoms with E-state index < -0.39 is 0 Å². The molecule has 0 aliphatic heterocycles. The van der Waals surface area contributed by atoms with Crippen molar-refractivity contribution >= 4 is 11.7 Å². The first-order chi connectivity index (χ1) is 10.6. The molecule has 0 spiro atoms. The minimum absolute atomic E-state index is 0.0963. The van der Waals surface area contributed by atoms with Crippen LogP contribution in [0.3, 0.4) is 0 Å². The van der Waals surface area contributed by atoms with E-state index in [9.17, 15) is 9.59 Å². The first-order valence-corrected chi connectivity index (χ1v) is 8.28. The Hall–Kier alpha value is -1.62. The molecule has 1 heterocycles. The van der Waals surface area contributed by atoms with Gasteiger partial charge in [0, 0.05) is 24.4 Å². The van der Waals surface area contributed by atoms with Crippen molar-refractivity contribution in [3.8, 4) is 0 Å². The summed E-state index contributed by atoms with van der Waals surface area (Å²) < 4.78 is 5.72. The number of hydrogen-bond donors (Lipinski definition) is 2. The van der Waals surface area contributed by atoms with Gasteiger partial charge in [0.05, 0.1) is 5.56 Å². The summed E-state index contributed by atoms with van der Waals surface area (Å²) in [7, 11) is 0. The Morgan fingerprint density at radius 2 is 2.05 bits per heavy atom. The Balaban J connectivity index is 1.79. The van der Waals surface area contributed by atoms with Crippen LogP contribution in [0.1, 0.15) is 70.8 Å². The second-order valence-electron chi connectivity index (χ2n) is 6.49. The lowest BCUT2D eigenvalue weighted by Gasteiger charge is -2.31. The number of carbonyl (C=O) groups is 2. The van der Waals surface area contributed by atoms with E-state index in [1.165, 1.54) is 6.42 Å². The van der Waals surface area contributed by atoms with Gasteiger partial charge in [0.2, 0.25) is 0 Å². The third kappa shape index (κ3) is 2.70. The summed E-state index contributed by atoms with van der Waals surface area (Å²) >= 11 is 0. The van der Waals surface area contributed by atoms with Crippen molar-refractivity contribution in [3.05, 3.63) is 22.6 Å². The summed E-state index contributed by atoms with van der Waals surface area (Å²) in [4.78, 5) is 24.6. The van der Waals surface area contributed by atoms with E-state index in [1.54, 1.807) is 0 Å². The van der Waals surface area contributed by atoms with E-state index in [4.69, 9.17) is 10.2 Å². The fourth-order valence-corrected chi connectivity index (χ4v) is 3.78.